The van der Waals surface area contributed by atoms with Gasteiger partial charge in [-0.2, -0.15) is 0 Å². The molecule has 154 valence electrons. The van der Waals surface area contributed by atoms with Crippen LogP contribution in [0, 0.1) is 17.5 Å². The van der Waals surface area contributed by atoms with Crippen LogP contribution in [-0.4, -0.2) is 16.9 Å². The van der Waals surface area contributed by atoms with Crippen molar-refractivity contribution in [1.29, 1.82) is 0 Å². The lowest BCUT2D eigenvalue weighted by molar-refractivity contribution is -0.117. The van der Waals surface area contributed by atoms with E-state index in [1.807, 2.05) is 0 Å². The van der Waals surface area contributed by atoms with Gasteiger partial charge in [0.2, 0.25) is 5.91 Å². The van der Waals surface area contributed by atoms with Gasteiger partial charge in [0.1, 0.15) is 17.5 Å². The Labute approximate surface area is 172 Å². The summed E-state index contributed by atoms with van der Waals surface area (Å²) in [5, 5.41) is 2.62. The third kappa shape index (κ3) is 4.75. The molecule has 1 heterocycles. The summed E-state index contributed by atoms with van der Waals surface area (Å²) in [5.74, 6) is -2.72. The van der Waals surface area contributed by atoms with Gasteiger partial charge in [0.05, 0.1) is 24.1 Å². The fourth-order valence-electron chi connectivity index (χ4n) is 3.24. The van der Waals surface area contributed by atoms with Crippen LogP contribution < -0.4 is 11.1 Å². The second-order valence-electron chi connectivity index (χ2n) is 6.74. The van der Waals surface area contributed by atoms with Crippen molar-refractivity contribution in [1.82, 2.24) is 4.98 Å². The summed E-state index contributed by atoms with van der Waals surface area (Å²) in [6.07, 6.45) is 4.08. The number of aromatic nitrogens is 1. The van der Waals surface area contributed by atoms with Gasteiger partial charge < -0.3 is 11.1 Å². The number of allylic oxidation sites excluding steroid dienone is 1. The quantitative estimate of drug-likeness (QED) is 0.569. The van der Waals surface area contributed by atoms with Crippen molar-refractivity contribution in [3.8, 4) is 0 Å². The Morgan fingerprint density at radius 2 is 1.53 bits per heavy atom. The average Bonchev–Trinajstić information content (AvgIpc) is 2.73. The van der Waals surface area contributed by atoms with E-state index in [-0.39, 0.29) is 17.7 Å². The molecule has 0 fully saturated rings. The summed E-state index contributed by atoms with van der Waals surface area (Å²) in [4.78, 5) is 16.7. The first-order valence-electron chi connectivity index (χ1n) is 9.21. The van der Waals surface area contributed by atoms with Crippen molar-refractivity contribution in [3.63, 3.8) is 0 Å². The van der Waals surface area contributed by atoms with Gasteiger partial charge in [-0.15, -0.1) is 6.58 Å². The molecule has 1 unspecified atom stereocenters. The molecule has 4 nitrogen and oxygen atoms in total. The van der Waals surface area contributed by atoms with Crippen LogP contribution in [0.3, 0.4) is 0 Å². The fraction of sp³-hybridized carbons (Fsp3) is 0.130. The largest absolute Gasteiger partial charge is 0.323 e. The predicted molar refractivity (Wildman–Crippen MR) is 109 cm³/mol. The molecule has 3 aromatic rings. The van der Waals surface area contributed by atoms with Crippen molar-refractivity contribution in [2.24, 2.45) is 5.73 Å². The molecule has 3 rings (SSSR count). The normalized spacial score (nSPS) is 11.9. The van der Waals surface area contributed by atoms with Gasteiger partial charge in [-0.05, 0) is 41.8 Å². The standard InChI is InChI=1S/C23H20F3N3O/c1-2-3-18-19(26)12-28-13-20(18)29-23(30)22(27)21(14-4-8-16(24)9-5-14)15-6-10-17(25)11-7-15/h2,4-13,21-22H,1,3,27H2,(H,29,30). The number of amides is 1. The highest BCUT2D eigenvalue weighted by Gasteiger charge is 2.28. The van der Waals surface area contributed by atoms with Crippen LogP contribution in [0.4, 0.5) is 18.9 Å². The molecule has 0 saturated heterocycles. The minimum Gasteiger partial charge on any atom is -0.323 e. The SMILES string of the molecule is C=CCc1c(F)cncc1NC(=O)C(N)C(c1ccc(F)cc1)c1ccc(F)cc1. The van der Waals surface area contributed by atoms with Crippen LogP contribution >= 0.6 is 0 Å². The van der Waals surface area contributed by atoms with Crippen LogP contribution in [-0.2, 0) is 11.2 Å². The molecule has 0 spiro atoms. The van der Waals surface area contributed by atoms with Crippen LogP contribution in [0.15, 0.2) is 73.6 Å². The molecule has 0 bridgehead atoms. The molecule has 30 heavy (non-hydrogen) atoms. The Hall–Kier alpha value is -3.45. The molecule has 0 aliphatic carbocycles. The number of nitrogens with zero attached hydrogens (tertiary/aromatic N) is 1. The summed E-state index contributed by atoms with van der Waals surface area (Å²) in [6.45, 7) is 3.59. The lowest BCUT2D eigenvalue weighted by atomic mass is 9.85. The van der Waals surface area contributed by atoms with Crippen molar-refractivity contribution in [2.75, 3.05) is 5.32 Å². The molecule has 0 aliphatic rings. The van der Waals surface area contributed by atoms with Crippen LogP contribution in [0.1, 0.15) is 22.6 Å². The summed E-state index contributed by atoms with van der Waals surface area (Å²) < 4.78 is 40.9. The van der Waals surface area contributed by atoms with Gasteiger partial charge in [-0.3, -0.25) is 9.78 Å². The van der Waals surface area contributed by atoms with Gasteiger partial charge >= 0.3 is 0 Å². The van der Waals surface area contributed by atoms with Crippen LogP contribution in [0.2, 0.25) is 0 Å². The third-order valence-electron chi connectivity index (χ3n) is 4.73. The van der Waals surface area contributed by atoms with Gasteiger partial charge in [-0.25, -0.2) is 13.2 Å². The molecular weight excluding hydrogens is 391 g/mol. The van der Waals surface area contributed by atoms with Gasteiger partial charge in [0.15, 0.2) is 0 Å². The molecule has 1 aromatic heterocycles. The van der Waals surface area contributed by atoms with E-state index in [1.54, 1.807) is 0 Å². The van der Waals surface area contributed by atoms with E-state index in [4.69, 9.17) is 5.73 Å². The number of hydrogen-bond donors (Lipinski definition) is 2. The summed E-state index contributed by atoms with van der Waals surface area (Å²) in [5.41, 5.74) is 7.86. The van der Waals surface area contributed by atoms with Crippen molar-refractivity contribution in [2.45, 2.75) is 18.4 Å². The first-order chi connectivity index (χ1) is 14.4. The Bertz CT molecular complexity index is 991. The molecule has 7 heteroatoms. The Morgan fingerprint density at radius 3 is 2.03 bits per heavy atom. The number of nitrogens with one attached hydrogen (secondary N) is 1. The zero-order valence-corrected chi connectivity index (χ0v) is 16.0. The number of halogens is 3. The maximum absolute atomic E-state index is 14.1. The molecule has 0 aliphatic heterocycles. The second-order valence-corrected chi connectivity index (χ2v) is 6.74. The Morgan fingerprint density at radius 1 is 1.00 bits per heavy atom. The lowest BCUT2D eigenvalue weighted by Gasteiger charge is -2.25. The third-order valence-corrected chi connectivity index (χ3v) is 4.73. The van der Waals surface area contributed by atoms with E-state index in [2.05, 4.69) is 16.9 Å². The van der Waals surface area contributed by atoms with E-state index >= 15 is 0 Å². The molecule has 1 atom stereocenters. The molecular formula is C23H20F3N3O. The topological polar surface area (TPSA) is 68.0 Å². The summed E-state index contributed by atoms with van der Waals surface area (Å²) in [6, 6.07) is 9.98. The number of benzene rings is 2. The number of anilines is 1. The smallest absolute Gasteiger partial charge is 0.242 e. The van der Waals surface area contributed by atoms with E-state index in [0.717, 1.165) is 6.20 Å². The second kappa shape index (κ2) is 9.37. The minimum absolute atomic E-state index is 0.187. The van der Waals surface area contributed by atoms with Crippen molar-refractivity contribution < 1.29 is 18.0 Å². The predicted octanol–water partition coefficient (Wildman–Crippen LogP) is 4.33. The first kappa shape index (κ1) is 21.3. The molecule has 3 N–H and O–H groups in total. The number of nitrogens with two attached hydrogens (primary N) is 1. The number of hydrogen-bond acceptors (Lipinski definition) is 3. The van der Waals surface area contributed by atoms with E-state index < -0.39 is 35.3 Å². The van der Waals surface area contributed by atoms with E-state index in [9.17, 15) is 18.0 Å². The number of carbonyl (C=O) groups is 1. The van der Waals surface area contributed by atoms with Gasteiger partial charge in [0.25, 0.3) is 0 Å². The lowest BCUT2D eigenvalue weighted by Crippen LogP contribution is -2.41. The van der Waals surface area contributed by atoms with Crippen LogP contribution in [0.5, 0.6) is 0 Å². The minimum atomic E-state index is -1.12. The molecule has 0 radical (unpaired) electrons. The highest BCUT2D eigenvalue weighted by atomic mass is 19.1. The molecule has 2 aromatic carbocycles. The highest BCUT2D eigenvalue weighted by Crippen LogP contribution is 2.29. The summed E-state index contributed by atoms with van der Waals surface area (Å²) >= 11 is 0. The Balaban J connectivity index is 1.95. The fourth-order valence-corrected chi connectivity index (χ4v) is 3.24. The monoisotopic (exact) mass is 411 g/mol. The average molecular weight is 411 g/mol. The summed E-state index contributed by atoms with van der Waals surface area (Å²) in [7, 11) is 0. The van der Waals surface area contributed by atoms with Gasteiger partial charge in [-0.1, -0.05) is 30.3 Å². The molecule has 0 saturated carbocycles. The number of rotatable bonds is 7. The first-order valence-corrected chi connectivity index (χ1v) is 9.21. The Kier molecular flexibility index (Phi) is 6.64. The number of pyridine rings is 1. The van der Waals surface area contributed by atoms with E-state index in [1.165, 1.54) is 60.8 Å². The highest BCUT2D eigenvalue weighted by molar-refractivity contribution is 5.96. The number of carbonyl (C=O) groups excluding carboxylic acids is 1. The van der Waals surface area contributed by atoms with Crippen molar-refractivity contribution >= 4 is 11.6 Å². The maximum atomic E-state index is 14.1. The maximum Gasteiger partial charge on any atom is 0.242 e. The van der Waals surface area contributed by atoms with Crippen LogP contribution in [0.25, 0.3) is 0 Å². The zero-order valence-electron chi connectivity index (χ0n) is 16.0. The van der Waals surface area contributed by atoms with Gasteiger partial charge in [0, 0.05) is 11.5 Å². The molecule has 1 amide bonds. The zero-order chi connectivity index (χ0) is 21.7. The van der Waals surface area contributed by atoms with E-state index in [0.29, 0.717) is 11.1 Å². The van der Waals surface area contributed by atoms with Crippen molar-refractivity contribution in [3.05, 3.63) is 108 Å².